The summed E-state index contributed by atoms with van der Waals surface area (Å²) in [4.78, 5) is 0. The largest absolute Gasteiger partial charge is 0.344 e. The van der Waals surface area contributed by atoms with Crippen LogP contribution in [0.4, 0.5) is 0 Å². The fourth-order valence-corrected chi connectivity index (χ4v) is 0. The van der Waals surface area contributed by atoms with Gasteiger partial charge in [-0.2, -0.15) is 0 Å². The molecule has 0 rings (SSSR count). The number of hydrogen-bond acceptors (Lipinski definition) is 1. The average Bonchev–Trinajstić information content (AvgIpc) is 0. The van der Waals surface area contributed by atoms with Crippen LogP contribution in [0.2, 0.25) is 0 Å². The summed E-state index contributed by atoms with van der Waals surface area (Å²) >= 11 is 0. The van der Waals surface area contributed by atoms with E-state index in [1.54, 1.807) is 0 Å². The smallest absolute Gasteiger partial charge is 0 e. The molecular weight excluding hydrogens is 268 g/mol. The molecule has 0 aliphatic rings. The van der Waals surface area contributed by atoms with Gasteiger partial charge in [0.15, 0.2) is 0 Å². The number of hydrogen-bond donors (Lipinski definition) is 1. The van der Waals surface area contributed by atoms with Crippen molar-refractivity contribution < 1.29 is 79.2 Å². The van der Waals surface area contributed by atoms with Crippen LogP contribution >= 0.6 is 0 Å². The van der Waals surface area contributed by atoms with Crippen molar-refractivity contribution in [3.05, 3.63) is 0 Å². The molecular formula is H3FeNSmTi. The van der Waals surface area contributed by atoms with Crippen LogP contribution in [0, 0.1) is 40.4 Å². The molecule has 0 fully saturated rings. The van der Waals surface area contributed by atoms with Gasteiger partial charge in [0, 0.05) is 79.2 Å². The minimum atomic E-state index is 0. The molecule has 0 aliphatic heterocycles. The zero-order valence-electron chi connectivity index (χ0n) is 1.97. The van der Waals surface area contributed by atoms with Gasteiger partial charge < -0.3 is 6.15 Å². The van der Waals surface area contributed by atoms with Crippen molar-refractivity contribution in [1.82, 2.24) is 6.15 Å². The Morgan fingerprint density at radius 3 is 1.00 bits per heavy atom. The zero-order valence-corrected chi connectivity index (χ0v) is 7.25. The summed E-state index contributed by atoms with van der Waals surface area (Å²) in [5.41, 5.74) is 0. The van der Waals surface area contributed by atoms with Crippen molar-refractivity contribution in [1.29, 1.82) is 0 Å². The maximum atomic E-state index is 0. The van der Waals surface area contributed by atoms with E-state index in [1.165, 1.54) is 0 Å². The molecule has 0 saturated heterocycles. The molecule has 4 heavy (non-hydrogen) atoms. The van der Waals surface area contributed by atoms with E-state index in [0.29, 0.717) is 0 Å². The van der Waals surface area contributed by atoms with Crippen LogP contribution in [0.5, 0.6) is 0 Å². The molecule has 0 radical (unpaired) electrons. The maximum Gasteiger partial charge on any atom is 0 e. The first-order chi connectivity index (χ1) is 0. The summed E-state index contributed by atoms with van der Waals surface area (Å²) < 4.78 is 0. The second-order valence-electron chi connectivity index (χ2n) is 0. The molecule has 0 unspecified atom stereocenters. The third-order valence-electron chi connectivity index (χ3n) is 0. The monoisotopic (exact) mass is 273 g/mol. The Hall–Kier alpha value is 2.53. The first kappa shape index (κ1) is 31.2. The predicted octanol–water partition coefficient (Wildman–Crippen LogP) is 0.157. The van der Waals surface area contributed by atoms with Gasteiger partial charge >= 0.3 is 0 Å². The van der Waals surface area contributed by atoms with E-state index in [4.69, 9.17) is 0 Å². The van der Waals surface area contributed by atoms with E-state index < -0.39 is 0 Å². The topological polar surface area (TPSA) is 35.0 Å². The molecule has 0 aromatic heterocycles. The van der Waals surface area contributed by atoms with Gasteiger partial charge in [0.25, 0.3) is 0 Å². The minimum Gasteiger partial charge on any atom is -0.344 e. The summed E-state index contributed by atoms with van der Waals surface area (Å²) in [6.45, 7) is 0. The normalized spacial score (nSPS) is 0. The molecule has 0 aliphatic carbocycles. The van der Waals surface area contributed by atoms with E-state index in [0.717, 1.165) is 0 Å². The molecule has 0 aromatic carbocycles. The van der Waals surface area contributed by atoms with Crippen LogP contribution in [0.3, 0.4) is 0 Å². The first-order valence-corrected chi connectivity index (χ1v) is 0. The van der Waals surface area contributed by atoms with Gasteiger partial charge in [-0.15, -0.1) is 0 Å². The molecule has 3 N–H and O–H groups in total. The Morgan fingerprint density at radius 1 is 1.00 bits per heavy atom. The number of rotatable bonds is 0. The summed E-state index contributed by atoms with van der Waals surface area (Å²) in [6.07, 6.45) is 0. The molecule has 4 heteroatoms. The third kappa shape index (κ3) is 8.82. The third-order valence-corrected chi connectivity index (χ3v) is 0. The zero-order chi connectivity index (χ0) is 0. The minimum absolute atomic E-state index is 0. The summed E-state index contributed by atoms with van der Waals surface area (Å²) in [7, 11) is 0. The Labute approximate surface area is 83.7 Å². The fraction of sp³-hybridized carbons (Fsp3) is 0. The van der Waals surface area contributed by atoms with E-state index in [2.05, 4.69) is 0 Å². The first-order valence-electron chi connectivity index (χ1n) is 0. The van der Waals surface area contributed by atoms with E-state index in [9.17, 15) is 0 Å². The molecule has 1 nitrogen and oxygen atoms in total. The van der Waals surface area contributed by atoms with Crippen molar-refractivity contribution >= 4 is 0 Å². The Morgan fingerprint density at radius 2 is 1.00 bits per heavy atom. The van der Waals surface area contributed by atoms with Crippen LogP contribution in [0.15, 0.2) is 0 Å². The van der Waals surface area contributed by atoms with E-state index in [1.807, 2.05) is 0 Å². The quantitative estimate of drug-likeness (QED) is 0.626. The van der Waals surface area contributed by atoms with Gasteiger partial charge in [0.1, 0.15) is 0 Å². The van der Waals surface area contributed by atoms with Crippen molar-refractivity contribution in [2.45, 2.75) is 0 Å². The van der Waals surface area contributed by atoms with Gasteiger partial charge in [-0.3, -0.25) is 0 Å². The predicted molar refractivity (Wildman–Crippen MR) is 5.02 cm³/mol. The summed E-state index contributed by atoms with van der Waals surface area (Å²) in [5.74, 6) is 0. The van der Waals surface area contributed by atoms with Gasteiger partial charge in [0.05, 0.1) is 0 Å². The molecule has 0 atom stereocenters. The SMILES string of the molecule is N.[Fe].[Sm].[Ti]. The van der Waals surface area contributed by atoms with Crippen LogP contribution in [0.1, 0.15) is 0 Å². The molecule has 0 saturated carbocycles. The maximum absolute atomic E-state index is 0. The van der Waals surface area contributed by atoms with Crippen LogP contribution in [0.25, 0.3) is 0 Å². The van der Waals surface area contributed by atoms with Crippen molar-refractivity contribution in [3.8, 4) is 0 Å². The van der Waals surface area contributed by atoms with Gasteiger partial charge in [0.2, 0.25) is 0 Å². The molecule has 0 bridgehead atoms. The van der Waals surface area contributed by atoms with Crippen molar-refractivity contribution in [2.75, 3.05) is 0 Å². The second-order valence-corrected chi connectivity index (χ2v) is 0. The summed E-state index contributed by atoms with van der Waals surface area (Å²) in [5, 5.41) is 0. The van der Waals surface area contributed by atoms with Gasteiger partial charge in [-0.25, -0.2) is 0 Å². The molecule has 0 amide bonds. The Balaban J connectivity index is 0. The van der Waals surface area contributed by atoms with Gasteiger partial charge in [-0.05, 0) is 0 Å². The molecule has 26 valence electrons. The van der Waals surface area contributed by atoms with Crippen LogP contribution in [-0.2, 0) is 38.8 Å². The van der Waals surface area contributed by atoms with Gasteiger partial charge in [-0.1, -0.05) is 0 Å². The fourth-order valence-electron chi connectivity index (χ4n) is 0. The summed E-state index contributed by atoms with van der Waals surface area (Å²) in [6, 6.07) is 0. The second kappa shape index (κ2) is 17.7. The average molecular weight is 271 g/mol. The van der Waals surface area contributed by atoms with Crippen LogP contribution < -0.4 is 6.15 Å². The Kier molecular flexibility index (Phi) is 138. The van der Waals surface area contributed by atoms with E-state index >= 15 is 0 Å². The van der Waals surface area contributed by atoms with E-state index in [-0.39, 0.29) is 85.3 Å². The van der Waals surface area contributed by atoms with Crippen molar-refractivity contribution in [3.63, 3.8) is 0 Å². The van der Waals surface area contributed by atoms with Crippen LogP contribution in [-0.4, -0.2) is 0 Å². The molecule has 0 aromatic rings. The van der Waals surface area contributed by atoms with Crippen molar-refractivity contribution in [2.24, 2.45) is 0 Å². The standard InChI is InChI=1S/Fe.H3N.Sm.Ti/h;1H3;;. The Bertz CT molecular complexity index is 8.00. The molecule has 0 spiro atoms. The molecule has 0 heterocycles.